The fourth-order valence-electron chi connectivity index (χ4n) is 3.22. The first-order valence-electron chi connectivity index (χ1n) is 8.36. The number of aromatic nitrogens is 1. The number of hydrogen-bond donors (Lipinski definition) is 2. The van der Waals surface area contributed by atoms with Crippen molar-refractivity contribution in [3.05, 3.63) is 65.9 Å². The second kappa shape index (κ2) is 6.09. The van der Waals surface area contributed by atoms with Gasteiger partial charge < -0.3 is 15.2 Å². The number of carbonyl (C=O) groups is 2. The second-order valence-corrected chi connectivity index (χ2v) is 6.38. The van der Waals surface area contributed by atoms with Crippen molar-refractivity contribution >= 4 is 28.4 Å². The molecule has 126 valence electrons. The number of aromatic amines is 1. The molecule has 2 heterocycles. The van der Waals surface area contributed by atoms with Gasteiger partial charge in [0.1, 0.15) is 6.04 Å². The fraction of sp³-hybridized carbons (Fsp3) is 0.200. The molecule has 1 aliphatic heterocycles. The van der Waals surface area contributed by atoms with E-state index >= 15 is 0 Å². The van der Waals surface area contributed by atoms with Gasteiger partial charge in [0.2, 0.25) is 5.91 Å². The Bertz CT molecular complexity index is 943. The van der Waals surface area contributed by atoms with Crippen LogP contribution >= 0.6 is 0 Å². The Kier molecular flexibility index (Phi) is 3.76. The van der Waals surface area contributed by atoms with E-state index in [1.54, 1.807) is 4.90 Å². The third-order valence-electron chi connectivity index (χ3n) is 4.68. The van der Waals surface area contributed by atoms with Crippen molar-refractivity contribution < 1.29 is 9.59 Å². The first-order chi connectivity index (χ1) is 12.1. The molecule has 0 unspecified atom stereocenters. The lowest BCUT2D eigenvalue weighted by atomic mass is 9.99. The van der Waals surface area contributed by atoms with Crippen molar-refractivity contribution in [1.82, 2.24) is 9.88 Å². The van der Waals surface area contributed by atoms with Crippen molar-refractivity contribution in [3.8, 4) is 0 Å². The minimum absolute atomic E-state index is 0.00865. The smallest absolute Gasteiger partial charge is 0.251 e. The summed E-state index contributed by atoms with van der Waals surface area (Å²) in [6, 6.07) is 14.8. The fourth-order valence-corrected chi connectivity index (χ4v) is 3.22. The molecule has 1 fully saturated rings. The van der Waals surface area contributed by atoms with E-state index in [0.717, 1.165) is 27.7 Å². The van der Waals surface area contributed by atoms with Crippen LogP contribution in [0.4, 0.5) is 5.69 Å². The van der Waals surface area contributed by atoms with Crippen molar-refractivity contribution in [1.29, 1.82) is 0 Å². The number of β-lactam (4-membered cyclic amide) rings is 1. The van der Waals surface area contributed by atoms with Crippen LogP contribution in [-0.4, -0.2) is 28.2 Å². The van der Waals surface area contributed by atoms with Crippen LogP contribution in [0, 0.1) is 6.92 Å². The summed E-state index contributed by atoms with van der Waals surface area (Å²) in [5, 5.41) is 3.91. The van der Waals surface area contributed by atoms with Crippen molar-refractivity contribution in [2.45, 2.75) is 19.4 Å². The number of anilines is 1. The maximum absolute atomic E-state index is 13.0. The van der Waals surface area contributed by atoms with Gasteiger partial charge in [-0.1, -0.05) is 35.9 Å². The van der Waals surface area contributed by atoms with Gasteiger partial charge in [-0.15, -0.1) is 0 Å². The summed E-state index contributed by atoms with van der Waals surface area (Å²) < 4.78 is 0. The van der Waals surface area contributed by atoms with E-state index in [1.807, 2.05) is 61.7 Å². The molecule has 0 saturated carbocycles. The van der Waals surface area contributed by atoms with Crippen LogP contribution < -0.4 is 5.32 Å². The van der Waals surface area contributed by atoms with Crippen LogP contribution in [0.15, 0.2) is 54.7 Å². The number of likely N-dealkylation sites (tertiary alicyclic amines) is 1. The molecule has 1 aliphatic rings. The molecule has 25 heavy (non-hydrogen) atoms. The van der Waals surface area contributed by atoms with Crippen LogP contribution in [-0.2, 0) is 9.59 Å². The average Bonchev–Trinajstić information content (AvgIpc) is 3.03. The summed E-state index contributed by atoms with van der Waals surface area (Å²) in [5.41, 5.74) is 3.64. The molecule has 1 aromatic heterocycles. The van der Waals surface area contributed by atoms with Crippen molar-refractivity contribution in [2.75, 3.05) is 11.9 Å². The summed E-state index contributed by atoms with van der Waals surface area (Å²) in [5.74, 6) is -0.184. The number of benzene rings is 2. The van der Waals surface area contributed by atoms with Gasteiger partial charge in [-0.25, -0.2) is 0 Å². The molecule has 0 radical (unpaired) electrons. The predicted molar refractivity (Wildman–Crippen MR) is 97.2 cm³/mol. The van der Waals surface area contributed by atoms with Crippen LogP contribution in [0.5, 0.6) is 0 Å². The molecule has 1 saturated heterocycles. The highest BCUT2D eigenvalue weighted by Crippen LogP contribution is 2.33. The SMILES string of the molecule is Cc1ccc(NC(=O)[C@H](c2c[nH]c3ccccc23)N2CCC2=O)cc1. The molecule has 1 atom stereocenters. The highest BCUT2D eigenvalue weighted by atomic mass is 16.2. The summed E-state index contributed by atoms with van der Waals surface area (Å²) in [6.07, 6.45) is 2.33. The lowest BCUT2D eigenvalue weighted by Crippen LogP contribution is -2.49. The largest absolute Gasteiger partial charge is 0.361 e. The first kappa shape index (κ1) is 15.4. The number of amides is 2. The summed E-state index contributed by atoms with van der Waals surface area (Å²) in [6.45, 7) is 2.60. The van der Waals surface area contributed by atoms with Gasteiger partial charge in [0, 0.05) is 41.3 Å². The molecule has 4 rings (SSSR count). The van der Waals surface area contributed by atoms with Crippen LogP contribution in [0.2, 0.25) is 0 Å². The maximum Gasteiger partial charge on any atom is 0.251 e. The minimum Gasteiger partial charge on any atom is -0.361 e. The Morgan fingerprint density at radius 2 is 1.92 bits per heavy atom. The molecule has 0 aliphatic carbocycles. The molecule has 2 amide bonds. The molecule has 5 nitrogen and oxygen atoms in total. The zero-order valence-corrected chi connectivity index (χ0v) is 14.0. The van der Waals surface area contributed by atoms with Gasteiger partial charge in [0.25, 0.3) is 5.91 Å². The summed E-state index contributed by atoms with van der Waals surface area (Å²) in [7, 11) is 0. The number of hydrogen-bond acceptors (Lipinski definition) is 2. The molecule has 0 spiro atoms. The van der Waals surface area contributed by atoms with Gasteiger partial charge in [0.15, 0.2) is 0 Å². The predicted octanol–water partition coefficient (Wildman–Crippen LogP) is 3.39. The third kappa shape index (κ3) is 2.78. The normalized spacial score (nSPS) is 15.1. The third-order valence-corrected chi connectivity index (χ3v) is 4.68. The summed E-state index contributed by atoms with van der Waals surface area (Å²) >= 11 is 0. The molecule has 0 bridgehead atoms. The number of H-pyrrole nitrogens is 1. The van der Waals surface area contributed by atoms with Crippen LogP contribution in [0.25, 0.3) is 10.9 Å². The zero-order chi connectivity index (χ0) is 17.4. The van der Waals surface area contributed by atoms with Gasteiger partial charge >= 0.3 is 0 Å². The van der Waals surface area contributed by atoms with E-state index < -0.39 is 6.04 Å². The number of para-hydroxylation sites is 1. The zero-order valence-electron chi connectivity index (χ0n) is 14.0. The highest BCUT2D eigenvalue weighted by Gasteiger charge is 2.37. The first-order valence-corrected chi connectivity index (χ1v) is 8.36. The van der Waals surface area contributed by atoms with E-state index in [0.29, 0.717) is 13.0 Å². The molecule has 2 aromatic carbocycles. The Morgan fingerprint density at radius 3 is 2.60 bits per heavy atom. The number of carbonyl (C=O) groups excluding carboxylic acids is 2. The van der Waals surface area contributed by atoms with Gasteiger partial charge in [-0.05, 0) is 25.1 Å². The van der Waals surface area contributed by atoms with Gasteiger partial charge in [-0.2, -0.15) is 0 Å². The van der Waals surface area contributed by atoms with Gasteiger partial charge in [0.05, 0.1) is 0 Å². The topological polar surface area (TPSA) is 65.2 Å². The van der Waals surface area contributed by atoms with E-state index in [2.05, 4.69) is 10.3 Å². The van der Waals surface area contributed by atoms with E-state index in [-0.39, 0.29) is 11.8 Å². The van der Waals surface area contributed by atoms with E-state index in [1.165, 1.54) is 0 Å². The quantitative estimate of drug-likeness (QED) is 0.719. The number of nitrogens with one attached hydrogen (secondary N) is 2. The molecular weight excluding hydrogens is 314 g/mol. The molecule has 5 heteroatoms. The minimum atomic E-state index is -0.626. The van der Waals surface area contributed by atoms with Crippen LogP contribution in [0.1, 0.15) is 23.6 Å². The van der Waals surface area contributed by atoms with Crippen LogP contribution in [0.3, 0.4) is 0 Å². The highest BCUT2D eigenvalue weighted by molar-refractivity contribution is 6.01. The van der Waals surface area contributed by atoms with E-state index in [9.17, 15) is 9.59 Å². The van der Waals surface area contributed by atoms with Crippen molar-refractivity contribution in [3.63, 3.8) is 0 Å². The lowest BCUT2D eigenvalue weighted by molar-refractivity contribution is -0.147. The van der Waals surface area contributed by atoms with E-state index in [4.69, 9.17) is 0 Å². The van der Waals surface area contributed by atoms with Crippen molar-refractivity contribution in [2.24, 2.45) is 0 Å². The Morgan fingerprint density at radius 1 is 1.16 bits per heavy atom. The molecular formula is C20H19N3O2. The molecule has 2 N–H and O–H groups in total. The Balaban J connectivity index is 1.70. The number of nitrogens with zero attached hydrogens (tertiary/aromatic N) is 1. The lowest BCUT2D eigenvalue weighted by Gasteiger charge is -2.37. The van der Waals surface area contributed by atoms with Gasteiger partial charge in [-0.3, -0.25) is 9.59 Å². The Hall–Kier alpha value is -3.08. The average molecular weight is 333 g/mol. The second-order valence-electron chi connectivity index (χ2n) is 6.38. The number of aryl methyl sites for hydroxylation is 1. The molecule has 3 aromatic rings. The number of rotatable bonds is 4. The summed E-state index contributed by atoms with van der Waals surface area (Å²) in [4.78, 5) is 29.9. The maximum atomic E-state index is 13.0. The standard InChI is InChI=1S/C20H19N3O2/c1-13-6-8-14(9-7-13)22-20(25)19(23-11-10-18(23)24)16-12-21-17-5-3-2-4-15(16)17/h2-9,12,19,21H,10-11H2,1H3,(H,22,25)/t19-/m0/s1. The number of fused-ring (bicyclic) bond motifs is 1. The monoisotopic (exact) mass is 333 g/mol. The Labute approximate surface area is 145 Å².